The van der Waals surface area contributed by atoms with E-state index >= 15 is 0 Å². The van der Waals surface area contributed by atoms with E-state index in [1.165, 1.54) is 16.2 Å². The molecular formula is C30H20N4. The first-order valence-electron chi connectivity index (χ1n) is 11.3. The third-order valence-corrected chi connectivity index (χ3v) is 6.46. The molecule has 0 aliphatic carbocycles. The van der Waals surface area contributed by atoms with Crippen molar-refractivity contribution < 1.29 is 0 Å². The monoisotopic (exact) mass is 436 g/mol. The molecule has 0 unspecified atom stereocenters. The molecule has 0 amide bonds. The molecular weight excluding hydrogens is 416 g/mol. The van der Waals surface area contributed by atoms with Crippen molar-refractivity contribution in [2.24, 2.45) is 0 Å². The van der Waals surface area contributed by atoms with Gasteiger partial charge in [-0.25, -0.2) is 9.97 Å². The first-order valence-corrected chi connectivity index (χ1v) is 11.3. The maximum absolute atomic E-state index is 4.79. The van der Waals surface area contributed by atoms with Crippen molar-refractivity contribution >= 4 is 32.7 Å². The van der Waals surface area contributed by atoms with Crippen LogP contribution in [0.25, 0.3) is 55.5 Å². The van der Waals surface area contributed by atoms with Crippen molar-refractivity contribution in [3.05, 3.63) is 122 Å². The van der Waals surface area contributed by atoms with Crippen LogP contribution in [-0.4, -0.2) is 19.1 Å². The molecule has 7 rings (SSSR count). The zero-order valence-corrected chi connectivity index (χ0v) is 18.3. The number of hydrogen-bond acceptors (Lipinski definition) is 2. The fourth-order valence-corrected chi connectivity index (χ4v) is 4.84. The van der Waals surface area contributed by atoms with Crippen LogP contribution in [0.1, 0.15) is 0 Å². The Hall–Kier alpha value is -4.70. The lowest BCUT2D eigenvalue weighted by Crippen LogP contribution is -2.01. The Morgan fingerprint density at radius 3 is 2.03 bits per heavy atom. The van der Waals surface area contributed by atoms with Crippen LogP contribution in [0.3, 0.4) is 0 Å². The van der Waals surface area contributed by atoms with E-state index in [4.69, 9.17) is 9.97 Å². The van der Waals surface area contributed by atoms with E-state index in [0.717, 1.165) is 33.4 Å². The molecule has 0 aliphatic rings. The van der Waals surface area contributed by atoms with Gasteiger partial charge in [0, 0.05) is 46.0 Å². The van der Waals surface area contributed by atoms with Gasteiger partial charge in [-0.15, -0.1) is 0 Å². The number of aromatic nitrogens is 4. The summed E-state index contributed by atoms with van der Waals surface area (Å²) in [7, 11) is 0. The molecule has 4 nitrogen and oxygen atoms in total. The van der Waals surface area contributed by atoms with Gasteiger partial charge in [0.05, 0.1) is 16.6 Å². The van der Waals surface area contributed by atoms with Crippen molar-refractivity contribution in [3.63, 3.8) is 0 Å². The summed E-state index contributed by atoms with van der Waals surface area (Å²) in [6, 6.07) is 35.9. The Morgan fingerprint density at radius 2 is 1.24 bits per heavy atom. The van der Waals surface area contributed by atoms with E-state index < -0.39 is 0 Å². The molecule has 0 saturated carbocycles. The highest BCUT2D eigenvalue weighted by Crippen LogP contribution is 2.35. The van der Waals surface area contributed by atoms with Gasteiger partial charge in [-0.3, -0.25) is 4.57 Å². The smallest absolute Gasteiger partial charge is 0.234 e. The highest BCUT2D eigenvalue weighted by molar-refractivity contribution is 6.13. The Kier molecular flexibility index (Phi) is 4.11. The van der Waals surface area contributed by atoms with Crippen molar-refractivity contribution in [1.82, 2.24) is 19.1 Å². The van der Waals surface area contributed by atoms with Crippen LogP contribution in [-0.2, 0) is 0 Å². The zero-order valence-electron chi connectivity index (χ0n) is 18.3. The summed E-state index contributed by atoms with van der Waals surface area (Å²) in [5.74, 6) is 0.669. The maximum Gasteiger partial charge on any atom is 0.234 e. The number of fused-ring (bicyclic) bond motifs is 4. The number of hydrogen-bond donors (Lipinski definition) is 0. The number of nitrogens with zero attached hydrogens (tertiary/aromatic N) is 4. The molecule has 7 aromatic rings. The van der Waals surface area contributed by atoms with E-state index in [0.29, 0.717) is 5.95 Å². The van der Waals surface area contributed by atoms with E-state index in [9.17, 15) is 0 Å². The first kappa shape index (κ1) is 18.8. The van der Waals surface area contributed by atoms with E-state index in [2.05, 4.69) is 94.2 Å². The Balaban J connectivity index is 1.48. The van der Waals surface area contributed by atoms with Crippen LogP contribution in [0.2, 0.25) is 0 Å². The molecule has 0 spiro atoms. The average Bonchev–Trinajstić information content (AvgIpc) is 3.47. The molecule has 0 N–H and O–H groups in total. The zero-order chi connectivity index (χ0) is 22.5. The normalized spacial score (nSPS) is 11.5. The van der Waals surface area contributed by atoms with Gasteiger partial charge in [-0.1, -0.05) is 66.7 Å². The van der Waals surface area contributed by atoms with Gasteiger partial charge in [0.2, 0.25) is 5.95 Å². The van der Waals surface area contributed by atoms with E-state index in [1.807, 2.05) is 36.7 Å². The average molecular weight is 437 g/mol. The van der Waals surface area contributed by atoms with Crippen molar-refractivity contribution in [2.75, 3.05) is 0 Å². The van der Waals surface area contributed by atoms with Gasteiger partial charge in [0.25, 0.3) is 0 Å². The topological polar surface area (TPSA) is 35.6 Å². The second-order valence-electron chi connectivity index (χ2n) is 8.44. The lowest BCUT2D eigenvalue weighted by Gasteiger charge is -2.08. The van der Waals surface area contributed by atoms with Crippen LogP contribution in [0.4, 0.5) is 0 Å². The fraction of sp³-hybridized carbons (Fsp3) is 0. The van der Waals surface area contributed by atoms with Gasteiger partial charge in [0.1, 0.15) is 0 Å². The number of para-hydroxylation sites is 2. The molecule has 34 heavy (non-hydrogen) atoms. The van der Waals surface area contributed by atoms with Crippen LogP contribution < -0.4 is 0 Å². The van der Waals surface area contributed by atoms with Gasteiger partial charge < -0.3 is 4.57 Å². The quantitative estimate of drug-likeness (QED) is 0.294. The van der Waals surface area contributed by atoms with Crippen molar-refractivity contribution in [2.45, 2.75) is 0 Å². The minimum atomic E-state index is 0.669. The summed E-state index contributed by atoms with van der Waals surface area (Å²) in [6.07, 6.45) is 5.95. The minimum Gasteiger partial charge on any atom is -0.316 e. The van der Waals surface area contributed by atoms with Gasteiger partial charge in [-0.2, -0.15) is 0 Å². The summed E-state index contributed by atoms with van der Waals surface area (Å²) in [5.41, 5.74) is 6.61. The number of benzene rings is 4. The Labute approximate surface area is 196 Å². The van der Waals surface area contributed by atoms with Crippen molar-refractivity contribution in [1.29, 1.82) is 0 Å². The Bertz CT molecular complexity index is 1780. The van der Waals surface area contributed by atoms with E-state index in [1.54, 1.807) is 0 Å². The van der Waals surface area contributed by atoms with E-state index in [-0.39, 0.29) is 0 Å². The molecule has 0 bridgehead atoms. The van der Waals surface area contributed by atoms with Gasteiger partial charge in [0.15, 0.2) is 0 Å². The lowest BCUT2D eigenvalue weighted by atomic mass is 10.1. The van der Waals surface area contributed by atoms with Crippen LogP contribution >= 0.6 is 0 Å². The Morgan fingerprint density at radius 1 is 0.529 bits per heavy atom. The highest BCUT2D eigenvalue weighted by atomic mass is 15.1. The third-order valence-electron chi connectivity index (χ3n) is 6.46. The molecule has 0 radical (unpaired) electrons. The summed E-state index contributed by atoms with van der Waals surface area (Å²) >= 11 is 0. The largest absolute Gasteiger partial charge is 0.316 e. The molecule has 4 heteroatoms. The molecule has 3 aromatic heterocycles. The number of rotatable bonds is 3. The minimum absolute atomic E-state index is 0.669. The molecule has 4 aromatic carbocycles. The SMILES string of the molecule is c1ccc(-c2cnc(-n3c4ccccc4c4cc5ccn(-c6ccccc6)c5cc43)nc2)cc1. The van der Waals surface area contributed by atoms with Crippen LogP contribution in [0.5, 0.6) is 0 Å². The molecule has 160 valence electrons. The molecule has 0 aliphatic heterocycles. The van der Waals surface area contributed by atoms with Crippen LogP contribution in [0.15, 0.2) is 122 Å². The predicted molar refractivity (Wildman–Crippen MR) is 139 cm³/mol. The summed E-state index contributed by atoms with van der Waals surface area (Å²) in [4.78, 5) is 9.58. The molecule has 0 atom stereocenters. The molecule has 0 saturated heterocycles. The first-order chi connectivity index (χ1) is 16.9. The standard InChI is InChI=1S/C30H20N4/c1-3-9-21(10-4-1)23-19-31-30(32-20-23)34-27-14-8-7-13-25(27)26-17-22-15-16-33(28(22)18-29(26)34)24-11-5-2-6-12-24/h1-20H. The van der Waals surface area contributed by atoms with Gasteiger partial charge >= 0.3 is 0 Å². The summed E-state index contributed by atoms with van der Waals surface area (Å²) in [5, 5.41) is 3.60. The molecule has 0 fully saturated rings. The van der Waals surface area contributed by atoms with Crippen LogP contribution in [0, 0.1) is 0 Å². The highest BCUT2D eigenvalue weighted by Gasteiger charge is 2.16. The second-order valence-corrected chi connectivity index (χ2v) is 8.44. The molecule has 3 heterocycles. The van der Waals surface area contributed by atoms with Gasteiger partial charge in [-0.05, 0) is 42.0 Å². The summed E-state index contributed by atoms with van der Waals surface area (Å²) < 4.78 is 4.40. The second kappa shape index (κ2) is 7.42. The maximum atomic E-state index is 4.79. The lowest BCUT2D eigenvalue weighted by molar-refractivity contribution is 0.990. The third kappa shape index (κ3) is 2.86. The van der Waals surface area contributed by atoms with Crippen molar-refractivity contribution in [3.8, 4) is 22.8 Å². The predicted octanol–water partition coefficient (Wildman–Crippen LogP) is 7.18. The summed E-state index contributed by atoms with van der Waals surface area (Å²) in [6.45, 7) is 0. The fourth-order valence-electron chi connectivity index (χ4n) is 4.84.